The van der Waals surface area contributed by atoms with Crippen molar-refractivity contribution in [2.45, 2.75) is 116 Å². The first-order chi connectivity index (χ1) is 23.4. The molecule has 0 radical (unpaired) electrons. The van der Waals surface area contributed by atoms with Crippen molar-refractivity contribution in [1.29, 1.82) is 0 Å². The van der Waals surface area contributed by atoms with Crippen molar-refractivity contribution in [3.63, 3.8) is 0 Å². The maximum Gasteiger partial charge on any atom is 0.303 e. The molecule has 2 saturated carbocycles. The van der Waals surface area contributed by atoms with Gasteiger partial charge in [-0.25, -0.2) is 8.42 Å². The number of amides is 3. The highest BCUT2D eigenvalue weighted by Crippen LogP contribution is 2.47. The number of likely N-dealkylation sites (tertiary alicyclic amines) is 1. The number of carboxylic acid groups (broad SMARTS) is 1. The van der Waals surface area contributed by atoms with Crippen LogP contribution in [0.4, 0.5) is 5.69 Å². The number of hydrogen-bond acceptors (Lipinski definition) is 8. The summed E-state index contributed by atoms with van der Waals surface area (Å²) in [7, 11) is -3.68. The van der Waals surface area contributed by atoms with Crippen molar-refractivity contribution in [2.24, 2.45) is 11.3 Å². The number of carbonyl (C=O) groups is 4. The molecule has 3 aliphatic rings. The first kappa shape index (κ1) is 40.7. The van der Waals surface area contributed by atoms with Gasteiger partial charge in [0.05, 0.1) is 10.9 Å². The number of nitrogen functional groups attached to an aromatic ring is 1. The zero-order chi connectivity index (χ0) is 37.3. The number of carboxylic acids is 1. The molecule has 3 fully saturated rings. The zero-order valence-corrected chi connectivity index (χ0v) is 31.3. The van der Waals surface area contributed by atoms with E-state index in [0.717, 1.165) is 29.0 Å². The van der Waals surface area contributed by atoms with Gasteiger partial charge in [0.1, 0.15) is 11.6 Å². The van der Waals surface area contributed by atoms with Crippen molar-refractivity contribution in [2.75, 3.05) is 12.3 Å². The van der Waals surface area contributed by atoms with Gasteiger partial charge in [-0.05, 0) is 85.6 Å². The fourth-order valence-corrected chi connectivity index (χ4v) is 7.73. The van der Waals surface area contributed by atoms with Gasteiger partial charge in [0.25, 0.3) is 5.91 Å². The Labute approximate surface area is 301 Å². The third-order valence-corrected chi connectivity index (χ3v) is 11.1. The van der Waals surface area contributed by atoms with Crippen LogP contribution in [0.2, 0.25) is 5.02 Å². The minimum atomic E-state index is -3.68. The number of anilines is 1. The molecule has 2 heterocycles. The molecule has 2 aliphatic carbocycles. The van der Waals surface area contributed by atoms with E-state index in [1.54, 1.807) is 29.4 Å². The second-order valence-corrected chi connectivity index (χ2v) is 16.7. The van der Waals surface area contributed by atoms with Crippen LogP contribution in [-0.2, 0) is 42.0 Å². The normalized spacial score (nSPS) is 21.1. The Morgan fingerprint density at radius 3 is 2.30 bits per heavy atom. The lowest BCUT2D eigenvalue weighted by molar-refractivity contribution is -0.141. The van der Waals surface area contributed by atoms with Crippen LogP contribution in [0.3, 0.4) is 0 Å². The molecule has 2 aromatic rings. The van der Waals surface area contributed by atoms with Gasteiger partial charge in [-0.1, -0.05) is 64.8 Å². The van der Waals surface area contributed by atoms with Gasteiger partial charge in [0, 0.05) is 36.8 Å². The molecule has 3 amide bonds. The number of aliphatic carboxylic acids is 1. The second-order valence-electron chi connectivity index (χ2n) is 14.3. The maximum atomic E-state index is 13.0. The third-order valence-electron chi connectivity index (χ3n) is 8.97. The fourth-order valence-electron chi connectivity index (χ4n) is 6.04. The molecule has 14 heteroatoms. The van der Waals surface area contributed by atoms with Crippen LogP contribution in [0.15, 0.2) is 42.7 Å². The topological polar surface area (TPSA) is 189 Å². The summed E-state index contributed by atoms with van der Waals surface area (Å²) in [5, 5.41) is 11.6. The number of sulfonamides is 1. The lowest BCUT2D eigenvalue weighted by atomic mass is 9.91. The fraction of sp³-hybridized carbons (Fsp3) is 0.583. The Balaban J connectivity index is 0.000000264. The van der Waals surface area contributed by atoms with E-state index in [2.05, 4.69) is 15.0 Å². The average Bonchev–Trinajstić information content (AvgIpc) is 3.96. The summed E-state index contributed by atoms with van der Waals surface area (Å²) in [6.45, 7) is 10.4. The van der Waals surface area contributed by atoms with Gasteiger partial charge in [0.2, 0.25) is 21.8 Å². The summed E-state index contributed by atoms with van der Waals surface area (Å²) < 4.78 is 26.6. The molecule has 5 N–H and O–H groups in total. The van der Waals surface area contributed by atoms with E-state index in [9.17, 15) is 27.6 Å². The van der Waals surface area contributed by atoms with Crippen LogP contribution in [0.25, 0.3) is 0 Å². The summed E-state index contributed by atoms with van der Waals surface area (Å²) in [5.74, 6) is -1.93. The lowest BCUT2D eigenvalue weighted by Gasteiger charge is -2.29. The third kappa shape index (κ3) is 11.7. The van der Waals surface area contributed by atoms with Crippen LogP contribution in [0, 0.1) is 11.3 Å². The number of benzene rings is 1. The van der Waals surface area contributed by atoms with Gasteiger partial charge in [-0.3, -0.25) is 28.9 Å². The van der Waals surface area contributed by atoms with Crippen molar-refractivity contribution in [1.82, 2.24) is 19.9 Å². The minimum absolute atomic E-state index is 0.0622. The molecule has 0 spiro atoms. The summed E-state index contributed by atoms with van der Waals surface area (Å²) in [6, 6.07) is 8.63. The van der Waals surface area contributed by atoms with Crippen LogP contribution in [-0.4, -0.2) is 70.5 Å². The molecule has 1 aliphatic heterocycles. The molecule has 12 nitrogen and oxygen atoms in total. The SMILES string of the molecule is CCC1CC1(NC(=O)C1CCCN1C(=O)CC(C)(C)C)C(=O)NS(=O)(=O)C1CC1.CCc1c(Cl)cccc1CCC(=O)O.Nc1cccnc1. The van der Waals surface area contributed by atoms with Gasteiger partial charge >= 0.3 is 5.97 Å². The predicted molar refractivity (Wildman–Crippen MR) is 194 cm³/mol. The van der Waals surface area contributed by atoms with Crippen molar-refractivity contribution in [3.05, 3.63) is 58.9 Å². The Morgan fingerprint density at radius 2 is 1.80 bits per heavy atom. The van der Waals surface area contributed by atoms with Gasteiger partial charge in [-0.2, -0.15) is 0 Å². The summed E-state index contributed by atoms with van der Waals surface area (Å²) >= 11 is 6.00. The smallest absolute Gasteiger partial charge is 0.303 e. The number of hydrogen-bond donors (Lipinski definition) is 4. The van der Waals surface area contributed by atoms with E-state index in [-0.39, 0.29) is 29.6 Å². The van der Waals surface area contributed by atoms with E-state index >= 15 is 0 Å². The molecule has 50 heavy (non-hydrogen) atoms. The Morgan fingerprint density at radius 1 is 1.10 bits per heavy atom. The highest BCUT2D eigenvalue weighted by molar-refractivity contribution is 7.91. The summed E-state index contributed by atoms with van der Waals surface area (Å²) in [5.41, 5.74) is 6.75. The summed E-state index contributed by atoms with van der Waals surface area (Å²) in [6.07, 6.45) is 8.70. The van der Waals surface area contributed by atoms with Crippen molar-refractivity contribution < 1.29 is 32.7 Å². The average molecular weight is 734 g/mol. The molecule has 1 aromatic carbocycles. The number of aromatic nitrogens is 1. The molecule has 3 atom stereocenters. The number of halogens is 1. The molecule has 276 valence electrons. The lowest BCUT2D eigenvalue weighted by Crippen LogP contribution is -2.56. The highest BCUT2D eigenvalue weighted by Gasteiger charge is 2.61. The first-order valence-corrected chi connectivity index (χ1v) is 19.2. The van der Waals surface area contributed by atoms with E-state index in [1.165, 1.54) is 0 Å². The Kier molecular flexibility index (Phi) is 14.2. The predicted octanol–water partition coefficient (Wildman–Crippen LogP) is 4.89. The van der Waals surface area contributed by atoms with Crippen LogP contribution < -0.4 is 15.8 Å². The number of aryl methyl sites for hydroxylation is 1. The first-order valence-electron chi connectivity index (χ1n) is 17.2. The Hall–Kier alpha value is -3.71. The Bertz CT molecular complexity index is 1610. The molecule has 5 rings (SSSR count). The van der Waals surface area contributed by atoms with Crippen LogP contribution in [0.5, 0.6) is 0 Å². The van der Waals surface area contributed by atoms with E-state index in [4.69, 9.17) is 22.4 Å². The number of nitrogens with one attached hydrogen (secondary N) is 2. The number of nitrogens with two attached hydrogens (primary N) is 1. The largest absolute Gasteiger partial charge is 0.481 e. The molecule has 1 saturated heterocycles. The van der Waals surface area contributed by atoms with Gasteiger partial charge < -0.3 is 21.1 Å². The number of nitrogens with zero attached hydrogens (tertiary/aromatic N) is 2. The quantitative estimate of drug-likeness (QED) is 0.249. The highest BCUT2D eigenvalue weighted by atomic mass is 35.5. The molecular formula is C36H52ClN5O7S. The molecule has 3 unspecified atom stereocenters. The maximum absolute atomic E-state index is 13.0. The number of rotatable bonds is 11. The van der Waals surface area contributed by atoms with Crippen LogP contribution in [0.1, 0.15) is 97.1 Å². The van der Waals surface area contributed by atoms with E-state index in [0.29, 0.717) is 57.2 Å². The van der Waals surface area contributed by atoms with Crippen molar-refractivity contribution in [3.8, 4) is 0 Å². The second kappa shape index (κ2) is 17.5. The van der Waals surface area contributed by atoms with Gasteiger partial charge in [-0.15, -0.1) is 0 Å². The zero-order valence-electron chi connectivity index (χ0n) is 29.7. The monoisotopic (exact) mass is 733 g/mol. The molecule has 0 bridgehead atoms. The van der Waals surface area contributed by atoms with Crippen molar-refractivity contribution >= 4 is 51.0 Å². The number of carbonyl (C=O) groups excluding carboxylic acids is 3. The number of pyridine rings is 1. The molecule has 1 aromatic heterocycles. The van der Waals surface area contributed by atoms with Crippen LogP contribution >= 0.6 is 11.6 Å². The van der Waals surface area contributed by atoms with E-state index < -0.39 is 38.7 Å². The van der Waals surface area contributed by atoms with Gasteiger partial charge in [0.15, 0.2) is 0 Å². The van der Waals surface area contributed by atoms with E-state index in [1.807, 2.05) is 52.8 Å². The summed E-state index contributed by atoms with van der Waals surface area (Å²) in [4.78, 5) is 54.3. The minimum Gasteiger partial charge on any atom is -0.481 e. The molecular weight excluding hydrogens is 682 g/mol. The standard InChI is InChI=1S/C20H33N3O5S.C11H13ClO2.C5H6N2/c1-5-13-11-20(13,18(26)22-29(27,28)14-8-9-14)21-17(25)15-7-6-10-23(15)16(24)12-19(2,3)4;1-2-9-8(6-7-11(13)14)4-3-5-10(9)12;6-5-2-1-3-7-4-5/h13-15H,5-12H2,1-4H3,(H,21,25)(H,22,26);3-5H,2,6-7H2,1H3,(H,13,14);1-4H,6H2.